The molecule has 0 N–H and O–H groups in total. The first-order valence-corrected chi connectivity index (χ1v) is 17.0. The molecule has 2 unspecified atom stereocenters. The van der Waals surface area contributed by atoms with Crippen LogP contribution in [0, 0.1) is 11.8 Å². The van der Waals surface area contributed by atoms with Gasteiger partial charge in [0.15, 0.2) is 0 Å². The van der Waals surface area contributed by atoms with E-state index in [0.29, 0.717) is 11.8 Å². The second kappa shape index (κ2) is 8.94. The second-order valence-electron chi connectivity index (χ2n) is 7.72. The van der Waals surface area contributed by atoms with E-state index in [0.717, 1.165) is 6.42 Å². The van der Waals surface area contributed by atoms with Crippen LogP contribution in [0.5, 0.6) is 0 Å². The van der Waals surface area contributed by atoms with Crippen LogP contribution < -0.4 is 0 Å². The van der Waals surface area contributed by atoms with Gasteiger partial charge in [0.05, 0.1) is 0 Å². The van der Waals surface area contributed by atoms with Crippen LogP contribution in [-0.4, -0.2) is 0 Å². The van der Waals surface area contributed by atoms with Crippen LogP contribution in [0.15, 0.2) is 66.1 Å². The molecular weight excluding hydrogens is 438 g/mol. The van der Waals surface area contributed by atoms with Gasteiger partial charge in [0.25, 0.3) is 0 Å². The summed E-state index contributed by atoms with van der Waals surface area (Å²) in [4.78, 5) is 0. The third kappa shape index (κ3) is 4.16. The van der Waals surface area contributed by atoms with E-state index in [9.17, 15) is 0 Å². The van der Waals surface area contributed by atoms with Crippen molar-refractivity contribution in [2.75, 3.05) is 0 Å². The molecular formula is C23H31Cl2Zr. The van der Waals surface area contributed by atoms with E-state index < -0.39 is 19.4 Å². The van der Waals surface area contributed by atoms with Crippen molar-refractivity contribution >= 4 is 17.0 Å². The molecule has 0 heterocycles. The fraction of sp³-hybridized carbons (Fsp3) is 0.478. The van der Waals surface area contributed by atoms with Gasteiger partial charge in [-0.1, -0.05) is 25.0 Å². The summed E-state index contributed by atoms with van der Waals surface area (Å²) in [7, 11) is 11.5. The van der Waals surface area contributed by atoms with Gasteiger partial charge in [-0.3, -0.25) is 0 Å². The van der Waals surface area contributed by atoms with Crippen molar-refractivity contribution in [1.29, 1.82) is 0 Å². The van der Waals surface area contributed by atoms with Crippen LogP contribution in [0.1, 0.15) is 61.8 Å². The van der Waals surface area contributed by atoms with E-state index in [1.165, 1.54) is 25.6 Å². The first-order chi connectivity index (χ1) is 12.1. The Bertz CT molecular complexity index is 735. The summed E-state index contributed by atoms with van der Waals surface area (Å²) in [5.41, 5.74) is 12.4. The van der Waals surface area contributed by atoms with Gasteiger partial charge in [-0.15, -0.1) is 0 Å². The molecule has 0 fully saturated rings. The topological polar surface area (TPSA) is 0 Å². The summed E-state index contributed by atoms with van der Waals surface area (Å²) >= 11 is -1.96. The average molecular weight is 470 g/mol. The van der Waals surface area contributed by atoms with Gasteiger partial charge in [0, 0.05) is 11.8 Å². The zero-order valence-electron chi connectivity index (χ0n) is 17.3. The molecule has 0 radical (unpaired) electrons. The number of hydrogen-bond acceptors (Lipinski definition) is 0. The third-order valence-corrected chi connectivity index (χ3v) is 11.6. The third-order valence-electron chi connectivity index (χ3n) is 6.59. The van der Waals surface area contributed by atoms with E-state index in [1.54, 1.807) is 22.3 Å². The molecule has 0 aromatic carbocycles. The first kappa shape index (κ1) is 22.2. The van der Waals surface area contributed by atoms with Crippen LogP contribution in [0.3, 0.4) is 0 Å². The zero-order valence-corrected chi connectivity index (χ0v) is 21.3. The van der Waals surface area contributed by atoms with Crippen molar-refractivity contribution in [3.8, 4) is 0 Å². The van der Waals surface area contributed by atoms with Gasteiger partial charge in [0.2, 0.25) is 0 Å². The number of halogens is 2. The van der Waals surface area contributed by atoms with Gasteiger partial charge < -0.3 is 0 Å². The summed E-state index contributed by atoms with van der Waals surface area (Å²) in [6.45, 7) is 18.5. The van der Waals surface area contributed by atoms with Crippen LogP contribution in [0.4, 0.5) is 0 Å². The minimum absolute atomic E-state index is 0.594. The monoisotopic (exact) mass is 467 g/mol. The van der Waals surface area contributed by atoms with E-state index >= 15 is 0 Å². The van der Waals surface area contributed by atoms with Crippen LogP contribution in [0.2, 0.25) is 0 Å². The Morgan fingerprint density at radius 3 is 1.38 bits per heavy atom. The number of hydrogen-bond donors (Lipinski definition) is 0. The molecule has 0 saturated carbocycles. The van der Waals surface area contributed by atoms with Gasteiger partial charge in [-0.25, -0.2) is 0 Å². The quantitative estimate of drug-likeness (QED) is 0.381. The van der Waals surface area contributed by atoms with E-state index in [4.69, 9.17) is 17.0 Å². The van der Waals surface area contributed by atoms with E-state index in [2.05, 4.69) is 61.5 Å². The summed E-state index contributed by atoms with van der Waals surface area (Å²) in [6.07, 6.45) is 7.14. The average Bonchev–Trinajstić information content (AvgIpc) is 3.26. The Morgan fingerprint density at radius 1 is 0.769 bits per heavy atom. The Kier molecular flexibility index (Phi) is 7.63. The van der Waals surface area contributed by atoms with Crippen molar-refractivity contribution in [2.45, 2.75) is 61.8 Å². The van der Waals surface area contributed by atoms with E-state index in [-0.39, 0.29) is 0 Å². The molecule has 0 saturated heterocycles. The standard InChI is InChI=1S/C18H26.C5H5.2ClH.Zr/c1-9-10(2)14(6)17(13(9)5)18-15(7)11(3)12(4)16(18)8;1-2-4-5-3-1;;;/h13,15H,1-8H3;1-3H,4H2;2*1H;/q;;;;+2/p-2. The van der Waals surface area contributed by atoms with Gasteiger partial charge in [-0.2, -0.15) is 0 Å². The Hall–Kier alpha value is -0.0969. The van der Waals surface area contributed by atoms with Crippen molar-refractivity contribution in [3.05, 3.63) is 66.1 Å². The Morgan fingerprint density at radius 2 is 1.19 bits per heavy atom. The predicted molar refractivity (Wildman–Crippen MR) is 114 cm³/mol. The van der Waals surface area contributed by atoms with Crippen molar-refractivity contribution < 1.29 is 19.4 Å². The van der Waals surface area contributed by atoms with E-state index in [1.807, 2.05) is 12.2 Å². The minimum atomic E-state index is -1.96. The Balaban J connectivity index is 0.000000254. The number of allylic oxidation sites excluding steroid dienone is 12. The first-order valence-electron chi connectivity index (χ1n) is 9.40. The van der Waals surface area contributed by atoms with Crippen LogP contribution in [-0.2, 0) is 19.4 Å². The molecule has 0 aromatic rings. The molecule has 0 amide bonds. The van der Waals surface area contributed by atoms with Gasteiger partial charge >= 0.3 is 64.3 Å². The summed E-state index contributed by atoms with van der Waals surface area (Å²) in [6, 6.07) is 0. The molecule has 0 bridgehead atoms. The van der Waals surface area contributed by atoms with Crippen LogP contribution in [0.25, 0.3) is 0 Å². The molecule has 0 aliphatic heterocycles. The fourth-order valence-electron chi connectivity index (χ4n) is 4.19. The van der Waals surface area contributed by atoms with Crippen molar-refractivity contribution in [1.82, 2.24) is 0 Å². The molecule has 141 valence electrons. The Labute approximate surface area is 175 Å². The van der Waals surface area contributed by atoms with Gasteiger partial charge in [-0.05, 0) is 75.0 Å². The predicted octanol–water partition coefficient (Wildman–Crippen LogP) is 8.35. The molecule has 2 atom stereocenters. The van der Waals surface area contributed by atoms with Crippen molar-refractivity contribution in [2.24, 2.45) is 11.8 Å². The van der Waals surface area contributed by atoms with Gasteiger partial charge in [0.1, 0.15) is 0 Å². The fourth-order valence-corrected chi connectivity index (χ4v) is 7.06. The van der Waals surface area contributed by atoms with Crippen molar-refractivity contribution in [3.63, 3.8) is 0 Å². The summed E-state index contributed by atoms with van der Waals surface area (Å²) in [5, 5.41) is 0. The molecule has 0 spiro atoms. The molecule has 0 aromatic heterocycles. The SMILES string of the molecule is CC1=C(C)C(C)C(C2=C(C)C(C)=C(C)C2C)=C1C.[Cl][Zr]([Cl])[C]1=CC=CC1. The number of rotatable bonds is 2. The summed E-state index contributed by atoms with van der Waals surface area (Å²) < 4.78 is 1.29. The van der Waals surface area contributed by atoms with Crippen LogP contribution >= 0.6 is 17.0 Å². The zero-order chi connectivity index (χ0) is 19.8. The second-order valence-corrected chi connectivity index (χ2v) is 16.2. The normalized spacial score (nSPS) is 25.4. The molecule has 26 heavy (non-hydrogen) atoms. The summed E-state index contributed by atoms with van der Waals surface area (Å²) in [5.74, 6) is 1.19. The molecule has 3 heteroatoms. The molecule has 3 aliphatic carbocycles. The maximum atomic E-state index is 5.74. The molecule has 3 aliphatic rings. The maximum absolute atomic E-state index is 5.74. The molecule has 0 nitrogen and oxygen atoms in total. The molecule has 3 rings (SSSR count).